The fourth-order valence-electron chi connectivity index (χ4n) is 3.35. The van der Waals surface area contributed by atoms with E-state index in [2.05, 4.69) is 13.8 Å². The Balaban J connectivity index is 1.91. The van der Waals surface area contributed by atoms with E-state index in [1.807, 2.05) is 0 Å². The van der Waals surface area contributed by atoms with Gasteiger partial charge in [0.2, 0.25) is 0 Å². The highest BCUT2D eigenvalue weighted by molar-refractivity contribution is 6.30. The van der Waals surface area contributed by atoms with Crippen molar-refractivity contribution >= 4 is 11.6 Å². The zero-order valence-corrected chi connectivity index (χ0v) is 13.2. The minimum Gasteiger partial charge on any atom is -0.327 e. The maximum atomic E-state index is 13.8. The third-order valence-corrected chi connectivity index (χ3v) is 5.07. The summed E-state index contributed by atoms with van der Waals surface area (Å²) in [5.41, 5.74) is 7.00. The summed E-state index contributed by atoms with van der Waals surface area (Å²) in [6, 6.07) is 4.93. The van der Waals surface area contributed by atoms with E-state index in [4.69, 9.17) is 17.3 Å². The molecule has 0 radical (unpaired) electrons. The van der Waals surface area contributed by atoms with Crippen molar-refractivity contribution < 1.29 is 4.39 Å². The first kappa shape index (κ1) is 15.8. The molecule has 2 N–H and O–H groups in total. The molecule has 0 heterocycles. The lowest BCUT2D eigenvalue weighted by atomic mass is 9.74. The highest BCUT2D eigenvalue weighted by Gasteiger charge is 2.27. The van der Waals surface area contributed by atoms with E-state index < -0.39 is 0 Å². The molecule has 1 aliphatic carbocycles. The molecule has 1 nitrogen and oxygen atoms in total. The van der Waals surface area contributed by atoms with Crippen molar-refractivity contribution in [1.29, 1.82) is 0 Å². The number of hydrogen-bond acceptors (Lipinski definition) is 1. The molecule has 1 unspecified atom stereocenters. The van der Waals surface area contributed by atoms with Crippen molar-refractivity contribution in [1.82, 2.24) is 0 Å². The molecule has 1 aliphatic rings. The summed E-state index contributed by atoms with van der Waals surface area (Å²) in [5, 5.41) is 0.442. The van der Waals surface area contributed by atoms with Crippen molar-refractivity contribution in [2.45, 2.75) is 52.0 Å². The maximum absolute atomic E-state index is 13.8. The van der Waals surface area contributed by atoms with Crippen LogP contribution >= 0.6 is 11.6 Å². The molecule has 2 rings (SSSR count). The van der Waals surface area contributed by atoms with Crippen molar-refractivity contribution in [3.63, 3.8) is 0 Å². The van der Waals surface area contributed by atoms with Crippen LogP contribution in [0.4, 0.5) is 4.39 Å². The fraction of sp³-hybridized carbons (Fsp3) is 0.647. The fourth-order valence-corrected chi connectivity index (χ4v) is 3.51. The molecular weight excluding hydrogens is 273 g/mol. The van der Waals surface area contributed by atoms with Crippen LogP contribution in [0.25, 0.3) is 0 Å². The second-order valence-corrected chi connectivity index (χ2v) is 6.96. The predicted octanol–water partition coefficient (Wildman–Crippen LogP) is 4.81. The minimum absolute atomic E-state index is 0.0544. The van der Waals surface area contributed by atoms with E-state index in [1.54, 1.807) is 12.1 Å². The summed E-state index contributed by atoms with van der Waals surface area (Å²) in [4.78, 5) is 0. The van der Waals surface area contributed by atoms with Gasteiger partial charge in [0.1, 0.15) is 5.82 Å². The number of hydrogen-bond donors (Lipinski definition) is 1. The zero-order chi connectivity index (χ0) is 14.7. The molecule has 0 amide bonds. The van der Waals surface area contributed by atoms with Gasteiger partial charge in [0.15, 0.2) is 0 Å². The number of benzene rings is 1. The average molecular weight is 298 g/mol. The van der Waals surface area contributed by atoms with E-state index in [-0.39, 0.29) is 11.9 Å². The van der Waals surface area contributed by atoms with Gasteiger partial charge in [0.25, 0.3) is 0 Å². The summed E-state index contributed by atoms with van der Waals surface area (Å²) in [6.07, 6.45) is 5.50. The summed E-state index contributed by atoms with van der Waals surface area (Å²) >= 11 is 5.78. The molecule has 112 valence electrons. The highest BCUT2D eigenvalue weighted by atomic mass is 35.5. The Morgan fingerprint density at radius 2 is 1.80 bits per heavy atom. The van der Waals surface area contributed by atoms with Crippen molar-refractivity contribution in [2.24, 2.45) is 23.5 Å². The maximum Gasteiger partial charge on any atom is 0.127 e. The molecule has 0 saturated heterocycles. The largest absolute Gasteiger partial charge is 0.327 e. The van der Waals surface area contributed by atoms with Crippen LogP contribution in [-0.2, 0) is 6.42 Å². The molecule has 0 aromatic heterocycles. The quantitative estimate of drug-likeness (QED) is 0.848. The molecule has 0 bridgehead atoms. The van der Waals surface area contributed by atoms with E-state index in [0.717, 1.165) is 11.8 Å². The van der Waals surface area contributed by atoms with E-state index in [1.165, 1.54) is 31.7 Å². The predicted molar refractivity (Wildman–Crippen MR) is 83.4 cm³/mol. The lowest BCUT2D eigenvalue weighted by molar-refractivity contribution is 0.202. The van der Waals surface area contributed by atoms with Gasteiger partial charge in [0, 0.05) is 11.1 Å². The van der Waals surface area contributed by atoms with Crippen LogP contribution in [0, 0.1) is 23.6 Å². The van der Waals surface area contributed by atoms with Gasteiger partial charge in [-0.2, -0.15) is 0 Å². The SMILES string of the molecule is CC(C)C1CCC(C(N)Cc2ccc(Cl)cc2F)CC1. The smallest absolute Gasteiger partial charge is 0.127 e. The van der Waals surface area contributed by atoms with Crippen LogP contribution in [0.1, 0.15) is 45.1 Å². The Bertz CT molecular complexity index is 439. The molecule has 1 saturated carbocycles. The third-order valence-electron chi connectivity index (χ3n) is 4.84. The van der Waals surface area contributed by atoms with Crippen molar-refractivity contribution in [3.05, 3.63) is 34.6 Å². The Hall–Kier alpha value is -0.600. The summed E-state index contributed by atoms with van der Waals surface area (Å²) < 4.78 is 13.8. The van der Waals surface area contributed by atoms with Gasteiger partial charge in [0.05, 0.1) is 0 Å². The summed E-state index contributed by atoms with van der Waals surface area (Å²) in [6.45, 7) is 4.60. The van der Waals surface area contributed by atoms with Crippen LogP contribution in [-0.4, -0.2) is 6.04 Å². The highest BCUT2D eigenvalue weighted by Crippen LogP contribution is 2.35. The Labute approximate surface area is 126 Å². The molecule has 1 aromatic carbocycles. The number of rotatable bonds is 4. The van der Waals surface area contributed by atoms with Gasteiger partial charge in [-0.3, -0.25) is 0 Å². The standard InChI is InChI=1S/C17H25ClFN/c1-11(2)12-3-5-13(6-4-12)17(20)9-14-7-8-15(18)10-16(14)19/h7-8,10-13,17H,3-6,9,20H2,1-2H3. The van der Waals surface area contributed by atoms with Gasteiger partial charge in [-0.1, -0.05) is 31.5 Å². The molecule has 0 spiro atoms. The summed E-state index contributed by atoms with van der Waals surface area (Å²) in [5.74, 6) is 1.90. The van der Waals surface area contributed by atoms with Gasteiger partial charge < -0.3 is 5.73 Å². The van der Waals surface area contributed by atoms with Gasteiger partial charge in [-0.05, 0) is 67.6 Å². The number of halogens is 2. The lowest BCUT2D eigenvalue weighted by Gasteiger charge is -2.34. The third kappa shape index (κ3) is 3.95. The Morgan fingerprint density at radius 3 is 2.35 bits per heavy atom. The Kier molecular flexibility index (Phi) is 5.45. The number of nitrogens with two attached hydrogens (primary N) is 1. The van der Waals surface area contributed by atoms with E-state index in [0.29, 0.717) is 22.9 Å². The van der Waals surface area contributed by atoms with Gasteiger partial charge in [-0.25, -0.2) is 4.39 Å². The molecule has 1 atom stereocenters. The van der Waals surface area contributed by atoms with Gasteiger partial charge >= 0.3 is 0 Å². The lowest BCUT2D eigenvalue weighted by Crippen LogP contribution is -2.35. The minimum atomic E-state index is -0.233. The molecule has 1 fully saturated rings. The van der Waals surface area contributed by atoms with Crippen LogP contribution in [0.5, 0.6) is 0 Å². The first-order valence-corrected chi connectivity index (χ1v) is 8.04. The van der Waals surface area contributed by atoms with Crippen LogP contribution in [0.15, 0.2) is 18.2 Å². The van der Waals surface area contributed by atoms with Crippen LogP contribution in [0.2, 0.25) is 5.02 Å². The molecular formula is C17H25ClFN. The normalized spacial score (nSPS) is 24.9. The van der Waals surface area contributed by atoms with Crippen LogP contribution < -0.4 is 5.73 Å². The first-order chi connectivity index (χ1) is 9.47. The summed E-state index contributed by atoms with van der Waals surface area (Å²) in [7, 11) is 0. The van der Waals surface area contributed by atoms with Crippen LogP contribution in [0.3, 0.4) is 0 Å². The topological polar surface area (TPSA) is 26.0 Å². The molecule has 20 heavy (non-hydrogen) atoms. The van der Waals surface area contributed by atoms with Crippen molar-refractivity contribution in [2.75, 3.05) is 0 Å². The Morgan fingerprint density at radius 1 is 1.20 bits per heavy atom. The van der Waals surface area contributed by atoms with Gasteiger partial charge in [-0.15, -0.1) is 0 Å². The first-order valence-electron chi connectivity index (χ1n) is 7.67. The van der Waals surface area contributed by atoms with E-state index in [9.17, 15) is 4.39 Å². The van der Waals surface area contributed by atoms with Crippen molar-refractivity contribution in [3.8, 4) is 0 Å². The molecule has 0 aliphatic heterocycles. The van der Waals surface area contributed by atoms with E-state index >= 15 is 0 Å². The molecule has 3 heteroatoms. The molecule has 1 aromatic rings. The average Bonchev–Trinajstić information content (AvgIpc) is 2.42. The second-order valence-electron chi connectivity index (χ2n) is 6.52. The zero-order valence-electron chi connectivity index (χ0n) is 12.4. The monoisotopic (exact) mass is 297 g/mol. The second kappa shape index (κ2) is 6.91.